The predicted molar refractivity (Wildman–Crippen MR) is 45.7 cm³/mol. The van der Waals surface area contributed by atoms with E-state index in [1.54, 1.807) is 0 Å². The number of hydrogen-bond donors (Lipinski definition) is 2. The summed E-state index contributed by atoms with van der Waals surface area (Å²) in [6.45, 7) is 2.77. The van der Waals surface area contributed by atoms with Crippen molar-refractivity contribution in [2.24, 2.45) is 11.5 Å². The van der Waals surface area contributed by atoms with Crippen molar-refractivity contribution in [3.05, 3.63) is 12.2 Å². The Bertz CT molecular complexity index is 89.3. The first-order valence-electron chi connectivity index (χ1n) is 3.92. The molecule has 0 spiro atoms. The molecule has 0 fully saturated rings. The van der Waals surface area contributed by atoms with Crippen molar-refractivity contribution in [3.8, 4) is 0 Å². The van der Waals surface area contributed by atoms with Gasteiger partial charge in [0.2, 0.25) is 0 Å². The molecule has 0 bridgehead atoms. The van der Waals surface area contributed by atoms with Gasteiger partial charge in [0.05, 0.1) is 0 Å². The fourth-order valence-electron chi connectivity index (χ4n) is 0.856. The van der Waals surface area contributed by atoms with E-state index in [0.29, 0.717) is 12.6 Å². The maximum atomic E-state index is 5.73. The molecular formula is C8H18N2. The first-order chi connectivity index (χ1) is 4.81. The van der Waals surface area contributed by atoms with Gasteiger partial charge in [0.15, 0.2) is 0 Å². The van der Waals surface area contributed by atoms with Crippen molar-refractivity contribution in [1.29, 1.82) is 0 Å². The van der Waals surface area contributed by atoms with Crippen molar-refractivity contribution in [2.45, 2.75) is 32.2 Å². The maximum Gasteiger partial charge on any atom is 0.0106 e. The highest BCUT2D eigenvalue weighted by molar-refractivity contribution is 4.85. The van der Waals surface area contributed by atoms with Gasteiger partial charge in [0.1, 0.15) is 0 Å². The fraction of sp³-hybridized carbons (Fsp3) is 0.750. The molecule has 0 aliphatic heterocycles. The second-order valence-electron chi connectivity index (χ2n) is 2.49. The zero-order valence-electron chi connectivity index (χ0n) is 6.72. The zero-order valence-corrected chi connectivity index (χ0v) is 6.72. The van der Waals surface area contributed by atoms with Gasteiger partial charge in [-0.3, -0.25) is 0 Å². The SMILES string of the molecule is CCCC(N)C/C=C/CN. The number of rotatable bonds is 5. The molecule has 0 radical (unpaired) electrons. The van der Waals surface area contributed by atoms with Crippen molar-refractivity contribution < 1.29 is 0 Å². The van der Waals surface area contributed by atoms with Crippen LogP contribution in [0.2, 0.25) is 0 Å². The average Bonchev–Trinajstić information content (AvgIpc) is 1.89. The monoisotopic (exact) mass is 142 g/mol. The highest BCUT2D eigenvalue weighted by Crippen LogP contribution is 1.98. The molecule has 10 heavy (non-hydrogen) atoms. The molecule has 0 aromatic carbocycles. The standard InChI is InChI=1S/C8H18N2/c1-2-5-8(10)6-3-4-7-9/h3-4,8H,2,5-7,9-10H2,1H3/b4-3+. The van der Waals surface area contributed by atoms with Gasteiger partial charge in [-0.15, -0.1) is 0 Å². The Morgan fingerprint density at radius 3 is 2.60 bits per heavy atom. The normalized spacial score (nSPS) is 14.3. The van der Waals surface area contributed by atoms with Crippen LogP contribution in [0, 0.1) is 0 Å². The van der Waals surface area contributed by atoms with Crippen molar-refractivity contribution >= 4 is 0 Å². The van der Waals surface area contributed by atoms with E-state index in [0.717, 1.165) is 19.3 Å². The second-order valence-corrected chi connectivity index (χ2v) is 2.49. The van der Waals surface area contributed by atoms with E-state index in [4.69, 9.17) is 11.5 Å². The lowest BCUT2D eigenvalue weighted by molar-refractivity contribution is 0.610. The van der Waals surface area contributed by atoms with Crippen LogP contribution in [0.1, 0.15) is 26.2 Å². The fourth-order valence-corrected chi connectivity index (χ4v) is 0.856. The molecule has 0 saturated heterocycles. The number of hydrogen-bond acceptors (Lipinski definition) is 2. The number of nitrogens with two attached hydrogens (primary N) is 2. The molecule has 1 atom stereocenters. The molecule has 0 aliphatic rings. The molecule has 0 saturated carbocycles. The molecule has 0 aromatic rings. The Hall–Kier alpha value is -0.340. The van der Waals surface area contributed by atoms with Crippen molar-refractivity contribution in [3.63, 3.8) is 0 Å². The minimum absolute atomic E-state index is 0.327. The molecule has 2 heteroatoms. The summed E-state index contributed by atoms with van der Waals surface area (Å²) in [7, 11) is 0. The Morgan fingerprint density at radius 1 is 1.40 bits per heavy atom. The van der Waals surface area contributed by atoms with E-state index in [2.05, 4.69) is 13.0 Å². The second kappa shape index (κ2) is 6.78. The van der Waals surface area contributed by atoms with E-state index in [9.17, 15) is 0 Å². The van der Waals surface area contributed by atoms with Crippen LogP contribution in [0.3, 0.4) is 0 Å². The molecule has 60 valence electrons. The van der Waals surface area contributed by atoms with Gasteiger partial charge >= 0.3 is 0 Å². The third-order valence-electron chi connectivity index (χ3n) is 1.40. The van der Waals surface area contributed by atoms with E-state index in [1.807, 2.05) is 6.08 Å². The molecule has 0 amide bonds. The smallest absolute Gasteiger partial charge is 0.0106 e. The van der Waals surface area contributed by atoms with Gasteiger partial charge in [0.25, 0.3) is 0 Å². The lowest BCUT2D eigenvalue weighted by Gasteiger charge is -2.04. The highest BCUT2D eigenvalue weighted by atomic mass is 14.6. The Balaban J connectivity index is 3.20. The van der Waals surface area contributed by atoms with E-state index >= 15 is 0 Å². The van der Waals surface area contributed by atoms with Crippen LogP contribution in [0.15, 0.2) is 12.2 Å². The minimum Gasteiger partial charge on any atom is -0.327 e. The maximum absolute atomic E-state index is 5.73. The van der Waals surface area contributed by atoms with Gasteiger partial charge in [-0.2, -0.15) is 0 Å². The quantitative estimate of drug-likeness (QED) is 0.563. The molecule has 1 unspecified atom stereocenters. The average molecular weight is 142 g/mol. The first kappa shape index (κ1) is 9.66. The third kappa shape index (κ3) is 5.79. The summed E-state index contributed by atoms with van der Waals surface area (Å²) < 4.78 is 0. The van der Waals surface area contributed by atoms with Gasteiger partial charge in [-0.1, -0.05) is 25.5 Å². The van der Waals surface area contributed by atoms with Crippen molar-refractivity contribution in [1.82, 2.24) is 0 Å². The van der Waals surface area contributed by atoms with Crippen LogP contribution in [0.4, 0.5) is 0 Å². The first-order valence-corrected chi connectivity index (χ1v) is 3.92. The summed E-state index contributed by atoms with van der Waals surface area (Å²) in [6.07, 6.45) is 7.24. The molecule has 4 N–H and O–H groups in total. The van der Waals surface area contributed by atoms with E-state index in [-0.39, 0.29) is 0 Å². The molecule has 0 aliphatic carbocycles. The predicted octanol–water partition coefficient (Wildman–Crippen LogP) is 1.02. The lowest BCUT2D eigenvalue weighted by Crippen LogP contribution is -2.18. The summed E-state index contributed by atoms with van der Waals surface area (Å²) >= 11 is 0. The van der Waals surface area contributed by atoms with Gasteiger partial charge < -0.3 is 11.5 Å². The van der Waals surface area contributed by atoms with Crippen LogP contribution < -0.4 is 11.5 Å². The topological polar surface area (TPSA) is 52.0 Å². The summed E-state index contributed by atoms with van der Waals surface area (Å²) in [4.78, 5) is 0. The zero-order chi connectivity index (χ0) is 7.82. The molecule has 0 heterocycles. The minimum atomic E-state index is 0.327. The summed E-state index contributed by atoms with van der Waals surface area (Å²) in [6, 6.07) is 0.327. The van der Waals surface area contributed by atoms with Crippen LogP contribution in [-0.2, 0) is 0 Å². The van der Waals surface area contributed by atoms with Gasteiger partial charge in [0, 0.05) is 12.6 Å². The lowest BCUT2D eigenvalue weighted by atomic mass is 10.1. The summed E-state index contributed by atoms with van der Waals surface area (Å²) in [5.74, 6) is 0. The Kier molecular flexibility index (Phi) is 6.55. The van der Waals surface area contributed by atoms with Crippen molar-refractivity contribution in [2.75, 3.05) is 6.54 Å². The molecular weight excluding hydrogens is 124 g/mol. The van der Waals surface area contributed by atoms with Crippen LogP contribution in [0.5, 0.6) is 0 Å². The molecule has 0 aromatic heterocycles. The Morgan fingerprint density at radius 2 is 2.10 bits per heavy atom. The largest absolute Gasteiger partial charge is 0.327 e. The highest BCUT2D eigenvalue weighted by Gasteiger charge is 1.95. The molecule has 0 rings (SSSR count). The van der Waals surface area contributed by atoms with Crippen LogP contribution in [-0.4, -0.2) is 12.6 Å². The van der Waals surface area contributed by atoms with Gasteiger partial charge in [-0.25, -0.2) is 0 Å². The molecule has 2 nitrogen and oxygen atoms in total. The van der Waals surface area contributed by atoms with E-state index in [1.165, 1.54) is 0 Å². The third-order valence-corrected chi connectivity index (χ3v) is 1.40. The summed E-state index contributed by atoms with van der Waals surface area (Å²) in [5.41, 5.74) is 11.0. The van der Waals surface area contributed by atoms with Crippen LogP contribution >= 0.6 is 0 Å². The van der Waals surface area contributed by atoms with E-state index < -0.39 is 0 Å². The Labute approximate surface area is 63.3 Å². The summed E-state index contributed by atoms with van der Waals surface area (Å²) in [5, 5.41) is 0. The van der Waals surface area contributed by atoms with Gasteiger partial charge in [-0.05, 0) is 12.8 Å². The van der Waals surface area contributed by atoms with Crippen LogP contribution in [0.25, 0.3) is 0 Å².